The number of allylic oxidation sites excluding steroid dienone is 4. The molecule has 4 aliphatic rings. The van der Waals surface area contributed by atoms with Gasteiger partial charge >= 0.3 is 5.97 Å². The summed E-state index contributed by atoms with van der Waals surface area (Å²) in [6.07, 6.45) is 4.25. The summed E-state index contributed by atoms with van der Waals surface area (Å²) in [7, 11) is 0. The number of halogens is 2. The highest BCUT2D eigenvalue weighted by atomic mass is 79.9. The Morgan fingerprint density at radius 3 is 2.66 bits per heavy atom. The van der Waals surface area contributed by atoms with Crippen LogP contribution in [0.2, 0.25) is 0 Å². The number of aliphatic hydroxyl groups is 2. The molecule has 0 amide bonds. The van der Waals surface area contributed by atoms with E-state index in [9.17, 15) is 24.6 Å². The molecule has 6 nitrogen and oxygen atoms in total. The van der Waals surface area contributed by atoms with Gasteiger partial charge in [0.2, 0.25) is 5.78 Å². The molecule has 8 heteroatoms. The zero-order chi connectivity index (χ0) is 23.7. The smallest absolute Gasteiger partial charge is 0.316 e. The van der Waals surface area contributed by atoms with Gasteiger partial charge in [-0.15, -0.1) is 0 Å². The summed E-state index contributed by atoms with van der Waals surface area (Å²) in [6, 6.07) is 0. The van der Waals surface area contributed by atoms with Crippen molar-refractivity contribution in [1.82, 2.24) is 0 Å². The third kappa shape index (κ3) is 2.84. The van der Waals surface area contributed by atoms with Crippen molar-refractivity contribution in [3.8, 4) is 0 Å². The first-order valence-corrected chi connectivity index (χ1v) is 12.3. The highest BCUT2D eigenvalue weighted by Crippen LogP contribution is 2.70. The van der Waals surface area contributed by atoms with Gasteiger partial charge in [-0.2, -0.15) is 0 Å². The number of carbonyl (C=O) groups excluding carboxylic acids is 3. The average Bonchev–Trinajstić information content (AvgIpc) is 2.94. The second-order valence-electron chi connectivity index (χ2n) is 10.4. The van der Waals surface area contributed by atoms with Crippen LogP contribution in [0.3, 0.4) is 0 Å². The monoisotopic (exact) mass is 512 g/mol. The summed E-state index contributed by atoms with van der Waals surface area (Å²) in [5, 5.41) is 22.9. The molecular weight excluding hydrogens is 483 g/mol. The van der Waals surface area contributed by atoms with E-state index in [1.165, 1.54) is 12.2 Å². The second kappa shape index (κ2) is 7.57. The molecule has 0 aliphatic heterocycles. The van der Waals surface area contributed by atoms with Crippen LogP contribution in [-0.4, -0.2) is 57.1 Å². The molecule has 4 rings (SSSR count). The molecule has 0 aromatic heterocycles. The molecule has 3 saturated carbocycles. The van der Waals surface area contributed by atoms with Gasteiger partial charge in [0.1, 0.15) is 10.9 Å². The number of aliphatic hydroxyl groups excluding tert-OH is 1. The Labute approximate surface area is 195 Å². The highest BCUT2D eigenvalue weighted by Gasteiger charge is 2.75. The molecule has 32 heavy (non-hydrogen) atoms. The number of rotatable bonds is 4. The lowest BCUT2D eigenvalue weighted by atomic mass is 9.44. The predicted molar refractivity (Wildman–Crippen MR) is 118 cm³/mol. The number of hydrogen-bond donors (Lipinski definition) is 2. The Hall–Kier alpha value is -1.38. The van der Waals surface area contributed by atoms with Gasteiger partial charge in [0, 0.05) is 16.7 Å². The number of alkyl halides is 2. The van der Waals surface area contributed by atoms with Crippen LogP contribution in [0.25, 0.3) is 0 Å². The highest BCUT2D eigenvalue weighted by molar-refractivity contribution is 9.09. The molecule has 0 aromatic rings. The fraction of sp³-hybridized carbons (Fsp3) is 0.708. The number of ether oxygens (including phenoxy) is 1. The van der Waals surface area contributed by atoms with Gasteiger partial charge in [0.05, 0.1) is 6.10 Å². The summed E-state index contributed by atoms with van der Waals surface area (Å²) in [4.78, 5) is 36.6. The van der Waals surface area contributed by atoms with Crippen LogP contribution in [0.1, 0.15) is 46.5 Å². The van der Waals surface area contributed by atoms with Gasteiger partial charge in [0.15, 0.2) is 18.1 Å². The third-order valence-electron chi connectivity index (χ3n) is 9.12. The van der Waals surface area contributed by atoms with Crippen LogP contribution in [0.5, 0.6) is 0 Å². The minimum atomic E-state index is -2.02. The lowest BCUT2D eigenvalue weighted by Gasteiger charge is -2.62. The SMILES string of the molecule is CC1CC2C3CCC4=CC(=O)C=CC4(C)C3(F)C(O)CC2(C)C1(O)C(=O)COC(=O)CBr. The molecule has 0 bridgehead atoms. The van der Waals surface area contributed by atoms with Crippen molar-refractivity contribution in [3.63, 3.8) is 0 Å². The minimum absolute atomic E-state index is 0.0657. The van der Waals surface area contributed by atoms with Crippen LogP contribution in [0, 0.1) is 28.6 Å². The van der Waals surface area contributed by atoms with Gasteiger partial charge in [-0.3, -0.25) is 14.4 Å². The maximum atomic E-state index is 17.1. The van der Waals surface area contributed by atoms with E-state index in [0.29, 0.717) is 24.8 Å². The molecule has 176 valence electrons. The first kappa shape index (κ1) is 23.8. The van der Waals surface area contributed by atoms with Crippen LogP contribution in [0.15, 0.2) is 23.8 Å². The number of Topliss-reactive ketones (excluding diaryl/α,β-unsaturated/α-hetero) is 1. The molecule has 8 unspecified atom stereocenters. The van der Waals surface area contributed by atoms with Gasteiger partial charge < -0.3 is 14.9 Å². The first-order valence-electron chi connectivity index (χ1n) is 11.1. The van der Waals surface area contributed by atoms with Crippen LogP contribution >= 0.6 is 15.9 Å². The summed E-state index contributed by atoms with van der Waals surface area (Å²) in [6.45, 7) is 4.68. The summed E-state index contributed by atoms with van der Waals surface area (Å²) >= 11 is 2.97. The Kier molecular flexibility index (Phi) is 5.62. The Morgan fingerprint density at radius 2 is 2.00 bits per heavy atom. The van der Waals surface area contributed by atoms with E-state index < -0.39 is 58.4 Å². The van der Waals surface area contributed by atoms with E-state index in [-0.39, 0.29) is 23.5 Å². The summed E-state index contributed by atoms with van der Waals surface area (Å²) in [5.41, 5.74) is -5.37. The van der Waals surface area contributed by atoms with Crippen molar-refractivity contribution >= 4 is 33.5 Å². The van der Waals surface area contributed by atoms with E-state index in [0.717, 1.165) is 0 Å². The lowest BCUT2D eigenvalue weighted by Crippen LogP contribution is -2.69. The molecule has 3 fully saturated rings. The van der Waals surface area contributed by atoms with Crippen LogP contribution < -0.4 is 0 Å². The second-order valence-corrected chi connectivity index (χ2v) is 10.9. The molecule has 0 heterocycles. The van der Waals surface area contributed by atoms with Gasteiger partial charge in [-0.25, -0.2) is 4.39 Å². The van der Waals surface area contributed by atoms with Crippen molar-refractivity contribution < 1.29 is 33.7 Å². The van der Waals surface area contributed by atoms with Crippen molar-refractivity contribution in [3.05, 3.63) is 23.8 Å². The zero-order valence-corrected chi connectivity index (χ0v) is 20.2. The topological polar surface area (TPSA) is 101 Å². The summed E-state index contributed by atoms with van der Waals surface area (Å²) < 4.78 is 22.0. The Morgan fingerprint density at radius 1 is 1.31 bits per heavy atom. The molecule has 4 aliphatic carbocycles. The molecule has 0 radical (unpaired) electrons. The van der Waals surface area contributed by atoms with Crippen molar-refractivity contribution in [2.75, 3.05) is 11.9 Å². The van der Waals surface area contributed by atoms with Crippen LogP contribution in [-0.2, 0) is 19.1 Å². The molecule has 8 atom stereocenters. The zero-order valence-electron chi connectivity index (χ0n) is 18.6. The van der Waals surface area contributed by atoms with E-state index in [4.69, 9.17) is 4.74 Å². The van der Waals surface area contributed by atoms with Crippen molar-refractivity contribution in [2.45, 2.75) is 63.8 Å². The number of ketones is 2. The van der Waals surface area contributed by atoms with Crippen molar-refractivity contribution in [2.24, 2.45) is 28.6 Å². The molecule has 0 spiro atoms. The number of carbonyl (C=O) groups is 3. The van der Waals surface area contributed by atoms with Crippen molar-refractivity contribution in [1.29, 1.82) is 0 Å². The third-order valence-corrected chi connectivity index (χ3v) is 9.58. The molecule has 2 N–H and O–H groups in total. The van der Waals surface area contributed by atoms with E-state index >= 15 is 4.39 Å². The fourth-order valence-electron chi connectivity index (χ4n) is 7.44. The normalized spacial score (nSPS) is 47.2. The molecule has 0 aromatic carbocycles. The summed E-state index contributed by atoms with van der Waals surface area (Å²) in [5.74, 6) is -2.84. The Bertz CT molecular complexity index is 931. The predicted octanol–water partition coefficient (Wildman–Crippen LogP) is 2.84. The van der Waals surface area contributed by atoms with E-state index in [1.54, 1.807) is 26.8 Å². The number of hydrogen-bond acceptors (Lipinski definition) is 6. The molecular formula is C24H30BrFO6. The van der Waals surface area contributed by atoms with E-state index in [2.05, 4.69) is 15.9 Å². The van der Waals surface area contributed by atoms with Gasteiger partial charge in [-0.1, -0.05) is 41.4 Å². The van der Waals surface area contributed by atoms with Gasteiger partial charge in [-0.05, 0) is 56.6 Å². The minimum Gasteiger partial charge on any atom is -0.457 e. The molecule has 0 saturated heterocycles. The standard InChI is InChI=1S/C24H30BrFO6/c1-13-8-17-16-5-4-14-9-15(27)6-7-21(14,2)23(16,26)18(28)10-22(17,3)24(13,31)19(29)12-32-20(30)11-25/h6-7,9,13,16-18,28,31H,4-5,8,10-12H2,1-3H3. The largest absolute Gasteiger partial charge is 0.457 e. The quantitative estimate of drug-likeness (QED) is 0.443. The van der Waals surface area contributed by atoms with E-state index in [1.807, 2.05) is 0 Å². The number of fused-ring (bicyclic) bond motifs is 5. The fourth-order valence-corrected chi connectivity index (χ4v) is 7.60. The maximum absolute atomic E-state index is 17.1. The maximum Gasteiger partial charge on any atom is 0.316 e. The average molecular weight is 513 g/mol. The first-order chi connectivity index (χ1) is 14.9. The number of esters is 1. The lowest BCUT2D eigenvalue weighted by molar-refractivity contribution is -0.219. The Balaban J connectivity index is 1.73. The van der Waals surface area contributed by atoms with Gasteiger partial charge in [0.25, 0.3) is 0 Å². The van der Waals surface area contributed by atoms with Crippen LogP contribution in [0.4, 0.5) is 4.39 Å².